The zero-order chi connectivity index (χ0) is 10.3. The Morgan fingerprint density at radius 2 is 2.27 bits per heavy atom. The van der Waals surface area contributed by atoms with Gasteiger partial charge in [-0.2, -0.15) is 5.21 Å². The molecule has 0 aliphatic heterocycles. The standard InChI is InChI=1S/C10H8N4S/c1-6-5-15-9-3-2-7(4-8(6)9)10-11-13-14-12-10/h2-5H,1H3,(H,11,12,13,14). The molecule has 5 heteroatoms. The number of hydrogen-bond acceptors (Lipinski definition) is 4. The van der Waals surface area contributed by atoms with E-state index in [1.165, 1.54) is 15.6 Å². The fourth-order valence-electron chi connectivity index (χ4n) is 1.58. The Kier molecular flexibility index (Phi) is 1.78. The summed E-state index contributed by atoms with van der Waals surface area (Å²) in [6, 6.07) is 6.22. The predicted molar refractivity (Wildman–Crippen MR) is 59.7 cm³/mol. The maximum atomic E-state index is 3.96. The fraction of sp³-hybridized carbons (Fsp3) is 0.100. The molecule has 2 aromatic heterocycles. The van der Waals surface area contributed by atoms with E-state index in [1.807, 2.05) is 6.07 Å². The first-order valence-corrected chi connectivity index (χ1v) is 5.44. The van der Waals surface area contributed by atoms with Crippen molar-refractivity contribution in [3.05, 3.63) is 29.1 Å². The van der Waals surface area contributed by atoms with Gasteiger partial charge in [0.1, 0.15) is 0 Å². The molecule has 0 saturated carbocycles. The van der Waals surface area contributed by atoms with E-state index < -0.39 is 0 Å². The Bertz CT molecular complexity index is 597. The van der Waals surface area contributed by atoms with Crippen molar-refractivity contribution in [3.63, 3.8) is 0 Å². The number of hydrogen-bond donors (Lipinski definition) is 1. The normalized spacial score (nSPS) is 11.0. The highest BCUT2D eigenvalue weighted by Crippen LogP contribution is 2.28. The molecule has 0 unspecified atom stereocenters. The SMILES string of the molecule is Cc1csc2ccc(-c3nn[nH]n3)cc12. The van der Waals surface area contributed by atoms with E-state index in [1.54, 1.807) is 11.3 Å². The number of rotatable bonds is 1. The molecule has 74 valence electrons. The number of nitrogens with one attached hydrogen (secondary N) is 1. The van der Waals surface area contributed by atoms with Gasteiger partial charge in [0, 0.05) is 10.3 Å². The van der Waals surface area contributed by atoms with Gasteiger partial charge >= 0.3 is 0 Å². The minimum absolute atomic E-state index is 0.641. The van der Waals surface area contributed by atoms with Gasteiger partial charge in [-0.05, 0) is 46.7 Å². The zero-order valence-electron chi connectivity index (χ0n) is 8.06. The number of H-pyrrole nitrogens is 1. The monoisotopic (exact) mass is 216 g/mol. The molecular formula is C10H8N4S. The van der Waals surface area contributed by atoms with Crippen molar-refractivity contribution in [2.24, 2.45) is 0 Å². The van der Waals surface area contributed by atoms with Gasteiger partial charge in [-0.15, -0.1) is 21.5 Å². The highest BCUT2D eigenvalue weighted by Gasteiger charge is 2.05. The molecule has 2 heterocycles. The summed E-state index contributed by atoms with van der Waals surface area (Å²) in [7, 11) is 0. The van der Waals surface area contributed by atoms with E-state index in [-0.39, 0.29) is 0 Å². The fourth-order valence-corrected chi connectivity index (χ4v) is 2.50. The predicted octanol–water partition coefficient (Wildman–Crippen LogP) is 2.39. The van der Waals surface area contributed by atoms with Crippen molar-refractivity contribution in [2.45, 2.75) is 6.92 Å². The first kappa shape index (κ1) is 8.55. The molecule has 1 aromatic carbocycles. The van der Waals surface area contributed by atoms with Gasteiger partial charge in [-0.25, -0.2) is 0 Å². The number of aryl methyl sites for hydroxylation is 1. The Balaban J connectivity index is 2.25. The van der Waals surface area contributed by atoms with Crippen molar-refractivity contribution < 1.29 is 0 Å². The molecule has 0 amide bonds. The summed E-state index contributed by atoms with van der Waals surface area (Å²) in [4.78, 5) is 0. The van der Waals surface area contributed by atoms with Crippen LogP contribution >= 0.6 is 11.3 Å². The second-order valence-electron chi connectivity index (χ2n) is 3.37. The third-order valence-corrected chi connectivity index (χ3v) is 3.45. The van der Waals surface area contributed by atoms with Crippen LogP contribution in [0, 0.1) is 6.92 Å². The van der Waals surface area contributed by atoms with Crippen molar-refractivity contribution in [1.29, 1.82) is 0 Å². The summed E-state index contributed by atoms with van der Waals surface area (Å²) < 4.78 is 1.29. The van der Waals surface area contributed by atoms with Gasteiger partial charge in [-0.1, -0.05) is 0 Å². The lowest BCUT2D eigenvalue weighted by molar-refractivity contribution is 0.881. The second-order valence-corrected chi connectivity index (χ2v) is 4.28. The Hall–Kier alpha value is -1.75. The molecule has 3 aromatic rings. The summed E-state index contributed by atoms with van der Waals surface area (Å²) in [5.74, 6) is 0.641. The van der Waals surface area contributed by atoms with Gasteiger partial charge in [-0.3, -0.25) is 0 Å². The number of benzene rings is 1. The number of aromatic amines is 1. The Labute approximate surface area is 89.9 Å². The van der Waals surface area contributed by atoms with Crippen LogP contribution in [-0.4, -0.2) is 20.6 Å². The topological polar surface area (TPSA) is 54.5 Å². The number of thiophene rings is 1. The van der Waals surface area contributed by atoms with Crippen molar-refractivity contribution in [2.75, 3.05) is 0 Å². The molecular weight excluding hydrogens is 208 g/mol. The van der Waals surface area contributed by atoms with E-state index in [9.17, 15) is 0 Å². The average Bonchev–Trinajstić information content (AvgIpc) is 2.88. The van der Waals surface area contributed by atoms with Crippen LogP contribution in [0.3, 0.4) is 0 Å². The number of tetrazole rings is 1. The zero-order valence-corrected chi connectivity index (χ0v) is 8.88. The minimum Gasteiger partial charge on any atom is -0.177 e. The van der Waals surface area contributed by atoms with Gasteiger partial charge < -0.3 is 0 Å². The van der Waals surface area contributed by atoms with E-state index >= 15 is 0 Å². The van der Waals surface area contributed by atoms with Crippen LogP contribution in [0.2, 0.25) is 0 Å². The van der Waals surface area contributed by atoms with Crippen molar-refractivity contribution in [1.82, 2.24) is 20.6 Å². The molecule has 0 saturated heterocycles. The van der Waals surface area contributed by atoms with Crippen LogP contribution < -0.4 is 0 Å². The van der Waals surface area contributed by atoms with Crippen LogP contribution in [0.1, 0.15) is 5.56 Å². The number of nitrogens with zero attached hydrogens (tertiary/aromatic N) is 3. The first-order valence-electron chi connectivity index (χ1n) is 4.56. The van der Waals surface area contributed by atoms with E-state index in [0.29, 0.717) is 5.82 Å². The number of fused-ring (bicyclic) bond motifs is 1. The first-order chi connectivity index (χ1) is 7.34. The highest BCUT2D eigenvalue weighted by atomic mass is 32.1. The lowest BCUT2D eigenvalue weighted by atomic mass is 10.1. The van der Waals surface area contributed by atoms with Crippen LogP contribution in [-0.2, 0) is 0 Å². The largest absolute Gasteiger partial charge is 0.204 e. The van der Waals surface area contributed by atoms with Crippen LogP contribution in [0.4, 0.5) is 0 Å². The van der Waals surface area contributed by atoms with Crippen molar-refractivity contribution >= 4 is 21.4 Å². The van der Waals surface area contributed by atoms with Crippen molar-refractivity contribution in [3.8, 4) is 11.4 Å². The average molecular weight is 216 g/mol. The molecule has 0 bridgehead atoms. The molecule has 15 heavy (non-hydrogen) atoms. The van der Waals surface area contributed by atoms with E-state index in [4.69, 9.17) is 0 Å². The summed E-state index contributed by atoms with van der Waals surface area (Å²) in [5, 5.41) is 17.4. The molecule has 0 radical (unpaired) electrons. The van der Waals surface area contributed by atoms with Gasteiger partial charge in [0.15, 0.2) is 0 Å². The van der Waals surface area contributed by atoms with Gasteiger partial charge in [0.05, 0.1) is 0 Å². The molecule has 0 spiro atoms. The molecule has 0 aliphatic carbocycles. The summed E-state index contributed by atoms with van der Waals surface area (Å²) in [5.41, 5.74) is 2.29. The maximum Gasteiger partial charge on any atom is 0.204 e. The lowest BCUT2D eigenvalue weighted by Gasteiger charge is -1.95. The lowest BCUT2D eigenvalue weighted by Crippen LogP contribution is -1.80. The Morgan fingerprint density at radius 1 is 1.33 bits per heavy atom. The molecule has 0 aliphatic rings. The molecule has 0 fully saturated rings. The molecule has 1 N–H and O–H groups in total. The van der Waals surface area contributed by atoms with Gasteiger partial charge in [0.2, 0.25) is 5.82 Å². The molecule has 4 nitrogen and oxygen atoms in total. The summed E-state index contributed by atoms with van der Waals surface area (Å²) in [6.07, 6.45) is 0. The van der Waals surface area contributed by atoms with Crippen LogP contribution in [0.25, 0.3) is 21.5 Å². The third-order valence-electron chi connectivity index (χ3n) is 2.37. The van der Waals surface area contributed by atoms with E-state index in [2.05, 4.69) is 45.1 Å². The van der Waals surface area contributed by atoms with Gasteiger partial charge in [0.25, 0.3) is 0 Å². The third kappa shape index (κ3) is 1.32. The van der Waals surface area contributed by atoms with E-state index in [0.717, 1.165) is 5.56 Å². The maximum absolute atomic E-state index is 3.96. The quantitative estimate of drug-likeness (QED) is 0.679. The minimum atomic E-state index is 0.641. The summed E-state index contributed by atoms with van der Waals surface area (Å²) >= 11 is 1.76. The second kappa shape index (κ2) is 3.13. The Morgan fingerprint density at radius 3 is 3.07 bits per heavy atom. The smallest absolute Gasteiger partial charge is 0.177 e. The highest BCUT2D eigenvalue weighted by molar-refractivity contribution is 7.17. The van der Waals surface area contributed by atoms with Crippen LogP contribution in [0.5, 0.6) is 0 Å². The molecule has 3 rings (SSSR count). The van der Waals surface area contributed by atoms with Crippen LogP contribution in [0.15, 0.2) is 23.6 Å². The summed E-state index contributed by atoms with van der Waals surface area (Å²) in [6.45, 7) is 2.11. The number of aromatic nitrogens is 4. The molecule has 0 atom stereocenters.